The van der Waals surface area contributed by atoms with E-state index in [2.05, 4.69) is 15.3 Å². The van der Waals surface area contributed by atoms with Crippen LogP contribution in [0, 0.1) is 17.2 Å². The van der Waals surface area contributed by atoms with Gasteiger partial charge in [0.2, 0.25) is 5.91 Å². The fraction of sp³-hybridized carbons (Fsp3) is 0.474. The maximum absolute atomic E-state index is 12.4. The molecule has 0 radical (unpaired) electrons. The van der Waals surface area contributed by atoms with Gasteiger partial charge in [-0.2, -0.15) is 5.26 Å². The molecule has 2 aromatic heterocycles. The highest BCUT2D eigenvalue weighted by molar-refractivity contribution is 6.04. The van der Waals surface area contributed by atoms with Crippen molar-refractivity contribution < 1.29 is 14.3 Å². The monoisotopic (exact) mass is 369 g/mol. The summed E-state index contributed by atoms with van der Waals surface area (Å²) in [5.74, 6) is -1.25. The number of piperidine rings is 1. The molecule has 1 unspecified atom stereocenters. The Morgan fingerprint density at radius 3 is 3.11 bits per heavy atom. The number of nitriles is 1. The number of aromatic amines is 1. The first-order valence-electron chi connectivity index (χ1n) is 9.13. The first-order valence-corrected chi connectivity index (χ1v) is 9.13. The Labute approximate surface area is 157 Å². The number of nitrogens with zero attached hydrogens (tertiary/aromatic N) is 3. The highest BCUT2D eigenvalue weighted by atomic mass is 16.5. The Morgan fingerprint density at radius 1 is 1.56 bits per heavy atom. The highest BCUT2D eigenvalue weighted by Crippen LogP contribution is 2.28. The number of H-pyrrole nitrogens is 1. The van der Waals surface area contributed by atoms with E-state index in [1.807, 2.05) is 12.1 Å². The number of carbonyl (C=O) groups is 2. The summed E-state index contributed by atoms with van der Waals surface area (Å²) in [6.45, 7) is 4.78. The van der Waals surface area contributed by atoms with E-state index in [4.69, 9.17) is 10.00 Å². The number of anilines is 1. The van der Waals surface area contributed by atoms with Crippen LogP contribution in [0.2, 0.25) is 0 Å². The molecule has 3 heterocycles. The molecule has 1 aliphatic rings. The second-order valence-electron chi connectivity index (χ2n) is 6.63. The van der Waals surface area contributed by atoms with Crippen LogP contribution >= 0.6 is 0 Å². The SMILES string of the molecule is CCOC(=O)c1cnc2[nH]ccc2c1N[C@@H]1CCCN(C(=O)C(C)C#N)C1. The highest BCUT2D eigenvalue weighted by Gasteiger charge is 2.28. The Morgan fingerprint density at radius 2 is 2.37 bits per heavy atom. The average molecular weight is 369 g/mol. The predicted octanol–water partition coefficient (Wildman–Crippen LogP) is 2.30. The quantitative estimate of drug-likeness (QED) is 0.782. The number of fused-ring (bicyclic) bond motifs is 1. The molecule has 142 valence electrons. The molecule has 8 nitrogen and oxygen atoms in total. The molecule has 2 atom stereocenters. The zero-order valence-corrected chi connectivity index (χ0v) is 15.5. The van der Waals surface area contributed by atoms with Crippen LogP contribution in [-0.4, -0.2) is 52.5 Å². The summed E-state index contributed by atoms with van der Waals surface area (Å²) in [7, 11) is 0. The van der Waals surface area contributed by atoms with E-state index in [-0.39, 0.29) is 18.6 Å². The minimum atomic E-state index is -0.656. The molecule has 1 aliphatic heterocycles. The number of ether oxygens (including phenoxy) is 1. The van der Waals surface area contributed by atoms with Crippen molar-refractivity contribution in [3.8, 4) is 6.07 Å². The Balaban J connectivity index is 1.86. The van der Waals surface area contributed by atoms with E-state index in [1.165, 1.54) is 6.20 Å². The van der Waals surface area contributed by atoms with Crippen LogP contribution in [0.1, 0.15) is 37.0 Å². The molecule has 0 spiro atoms. The van der Waals surface area contributed by atoms with Gasteiger partial charge in [0.25, 0.3) is 0 Å². The first kappa shape index (κ1) is 18.7. The second-order valence-corrected chi connectivity index (χ2v) is 6.63. The van der Waals surface area contributed by atoms with Gasteiger partial charge in [-0.3, -0.25) is 4.79 Å². The molecule has 2 N–H and O–H groups in total. The van der Waals surface area contributed by atoms with Gasteiger partial charge in [-0.1, -0.05) is 0 Å². The van der Waals surface area contributed by atoms with Crippen molar-refractivity contribution in [3.05, 3.63) is 24.0 Å². The number of carbonyl (C=O) groups excluding carboxylic acids is 2. The summed E-state index contributed by atoms with van der Waals surface area (Å²) in [5.41, 5.74) is 1.71. The molecule has 1 saturated heterocycles. The molecule has 0 aliphatic carbocycles. The van der Waals surface area contributed by atoms with Crippen molar-refractivity contribution in [1.82, 2.24) is 14.9 Å². The Bertz CT molecular complexity index is 885. The van der Waals surface area contributed by atoms with Crippen LogP contribution < -0.4 is 5.32 Å². The van der Waals surface area contributed by atoms with Crippen molar-refractivity contribution in [3.63, 3.8) is 0 Å². The van der Waals surface area contributed by atoms with Crippen molar-refractivity contribution >= 4 is 28.6 Å². The first-order chi connectivity index (χ1) is 13.0. The third-order valence-electron chi connectivity index (χ3n) is 4.73. The van der Waals surface area contributed by atoms with Gasteiger partial charge in [0.05, 0.1) is 18.4 Å². The lowest BCUT2D eigenvalue weighted by atomic mass is 10.0. The number of hydrogen-bond donors (Lipinski definition) is 2. The van der Waals surface area contributed by atoms with Gasteiger partial charge in [0, 0.05) is 36.9 Å². The van der Waals surface area contributed by atoms with Gasteiger partial charge in [0.1, 0.15) is 17.1 Å². The molecular formula is C19H23N5O3. The smallest absolute Gasteiger partial charge is 0.341 e. The van der Waals surface area contributed by atoms with Gasteiger partial charge >= 0.3 is 5.97 Å². The fourth-order valence-corrected chi connectivity index (χ4v) is 3.36. The predicted molar refractivity (Wildman–Crippen MR) is 100 cm³/mol. The molecular weight excluding hydrogens is 346 g/mol. The summed E-state index contributed by atoms with van der Waals surface area (Å²) >= 11 is 0. The second kappa shape index (κ2) is 8.08. The lowest BCUT2D eigenvalue weighted by molar-refractivity contribution is -0.134. The van der Waals surface area contributed by atoms with Gasteiger partial charge in [-0.15, -0.1) is 0 Å². The largest absolute Gasteiger partial charge is 0.462 e. The van der Waals surface area contributed by atoms with Crippen LogP contribution in [0.25, 0.3) is 11.0 Å². The number of aromatic nitrogens is 2. The topological polar surface area (TPSA) is 111 Å². The average Bonchev–Trinajstić information content (AvgIpc) is 3.16. The molecule has 2 aromatic rings. The van der Waals surface area contributed by atoms with E-state index in [9.17, 15) is 9.59 Å². The van der Waals surface area contributed by atoms with E-state index < -0.39 is 11.9 Å². The van der Waals surface area contributed by atoms with Gasteiger partial charge < -0.3 is 19.9 Å². The zero-order chi connectivity index (χ0) is 19.4. The van der Waals surface area contributed by atoms with Crippen LogP contribution in [-0.2, 0) is 9.53 Å². The van der Waals surface area contributed by atoms with Crippen molar-refractivity contribution in [2.24, 2.45) is 5.92 Å². The summed E-state index contributed by atoms with van der Waals surface area (Å²) < 4.78 is 5.16. The third-order valence-corrected chi connectivity index (χ3v) is 4.73. The number of esters is 1. The number of nitrogens with one attached hydrogen (secondary N) is 2. The number of likely N-dealkylation sites (tertiary alicyclic amines) is 1. The van der Waals surface area contributed by atoms with Crippen molar-refractivity contribution in [2.45, 2.75) is 32.7 Å². The van der Waals surface area contributed by atoms with Gasteiger partial charge in [-0.05, 0) is 32.8 Å². The standard InChI is InChI=1S/C19H23N5O3/c1-3-27-19(26)15-10-22-17-14(6-7-21-17)16(15)23-13-5-4-8-24(11-13)18(25)12(2)9-20/h6-7,10,12-13H,3-5,8,11H2,1-2H3,(H2,21,22,23)/t12?,13-/m1/s1. The molecule has 0 aromatic carbocycles. The molecule has 1 amide bonds. The maximum atomic E-state index is 12.4. The van der Waals surface area contributed by atoms with Crippen molar-refractivity contribution in [1.29, 1.82) is 5.26 Å². The molecule has 0 bridgehead atoms. The van der Waals surface area contributed by atoms with Crippen molar-refractivity contribution in [2.75, 3.05) is 25.0 Å². The maximum Gasteiger partial charge on any atom is 0.341 e. The Kier molecular flexibility index (Phi) is 5.60. The number of hydrogen-bond acceptors (Lipinski definition) is 6. The Hall–Kier alpha value is -3.08. The molecule has 8 heteroatoms. The summed E-state index contributed by atoms with van der Waals surface area (Å²) in [6.07, 6.45) is 4.96. The number of rotatable bonds is 5. The van der Waals surface area contributed by atoms with Crippen LogP contribution in [0.15, 0.2) is 18.5 Å². The minimum absolute atomic E-state index is 0.0257. The van der Waals surface area contributed by atoms with E-state index in [0.717, 1.165) is 18.2 Å². The zero-order valence-electron chi connectivity index (χ0n) is 15.5. The summed E-state index contributed by atoms with van der Waals surface area (Å²) in [6, 6.07) is 3.83. The van der Waals surface area contributed by atoms with Crippen LogP contribution in [0.4, 0.5) is 5.69 Å². The molecule has 0 saturated carbocycles. The van der Waals surface area contributed by atoms with Gasteiger partial charge in [-0.25, -0.2) is 9.78 Å². The van der Waals surface area contributed by atoms with E-state index >= 15 is 0 Å². The lowest BCUT2D eigenvalue weighted by Crippen LogP contribution is -2.46. The number of pyridine rings is 1. The normalized spacial score (nSPS) is 18.0. The summed E-state index contributed by atoms with van der Waals surface area (Å²) in [4.78, 5) is 33.7. The fourth-order valence-electron chi connectivity index (χ4n) is 3.36. The lowest BCUT2D eigenvalue weighted by Gasteiger charge is -2.34. The molecule has 27 heavy (non-hydrogen) atoms. The van der Waals surface area contributed by atoms with E-state index in [1.54, 1.807) is 24.9 Å². The summed E-state index contributed by atoms with van der Waals surface area (Å²) in [5, 5.41) is 13.2. The van der Waals surface area contributed by atoms with Gasteiger partial charge in [0.15, 0.2) is 0 Å². The van der Waals surface area contributed by atoms with E-state index in [0.29, 0.717) is 30.0 Å². The molecule has 1 fully saturated rings. The third kappa shape index (κ3) is 3.87. The van der Waals surface area contributed by atoms with Crippen LogP contribution in [0.5, 0.6) is 0 Å². The van der Waals surface area contributed by atoms with Crippen LogP contribution in [0.3, 0.4) is 0 Å². The molecule has 3 rings (SSSR count). The number of amides is 1. The minimum Gasteiger partial charge on any atom is -0.462 e.